The number of hydrogen-bond acceptors (Lipinski definition) is 4. The van der Waals surface area contributed by atoms with Gasteiger partial charge in [0.1, 0.15) is 18.1 Å². The van der Waals surface area contributed by atoms with Gasteiger partial charge in [0.2, 0.25) is 0 Å². The van der Waals surface area contributed by atoms with E-state index in [0.29, 0.717) is 22.9 Å². The minimum absolute atomic E-state index is 0.0322. The molecule has 6 nitrogen and oxygen atoms in total. The van der Waals surface area contributed by atoms with Crippen LogP contribution in [0.2, 0.25) is 5.02 Å². The molecule has 128 valence electrons. The number of nitrogens with zero attached hydrogens (tertiary/aromatic N) is 3. The molecular weight excluding hydrogens is 347 g/mol. The Labute approximate surface area is 148 Å². The lowest BCUT2D eigenvalue weighted by Gasteiger charge is -2.05. The number of carbonyl (C=O) groups excluding carboxylic acids is 1. The number of rotatable bonds is 5. The van der Waals surface area contributed by atoms with Gasteiger partial charge in [-0.15, -0.1) is 5.10 Å². The largest absolute Gasteiger partial charge is 0.443 e. The van der Waals surface area contributed by atoms with E-state index in [1.165, 1.54) is 24.3 Å². The molecule has 0 saturated heterocycles. The summed E-state index contributed by atoms with van der Waals surface area (Å²) in [4.78, 5) is 11.7. The summed E-state index contributed by atoms with van der Waals surface area (Å²) in [7, 11) is 0. The van der Waals surface area contributed by atoms with E-state index in [1.807, 2.05) is 18.2 Å². The average Bonchev–Trinajstić information content (AvgIpc) is 3.05. The lowest BCUT2D eigenvalue weighted by molar-refractivity contribution is 0.153. The van der Waals surface area contributed by atoms with Crippen molar-refractivity contribution in [1.29, 1.82) is 0 Å². The summed E-state index contributed by atoms with van der Waals surface area (Å²) >= 11 is 6.11. The van der Waals surface area contributed by atoms with Crippen LogP contribution in [0.15, 0.2) is 54.7 Å². The van der Waals surface area contributed by atoms with Gasteiger partial charge in [-0.1, -0.05) is 35.0 Å². The van der Waals surface area contributed by atoms with Crippen molar-refractivity contribution in [2.45, 2.75) is 13.2 Å². The second-order valence-electron chi connectivity index (χ2n) is 5.21. The van der Waals surface area contributed by atoms with Crippen LogP contribution in [0.3, 0.4) is 0 Å². The third-order valence-electron chi connectivity index (χ3n) is 3.32. The van der Waals surface area contributed by atoms with E-state index in [4.69, 9.17) is 16.3 Å². The van der Waals surface area contributed by atoms with Gasteiger partial charge in [-0.2, -0.15) is 0 Å². The van der Waals surface area contributed by atoms with Crippen molar-refractivity contribution in [3.63, 3.8) is 0 Å². The molecule has 1 heterocycles. The quantitative estimate of drug-likeness (QED) is 0.750. The zero-order chi connectivity index (χ0) is 17.6. The van der Waals surface area contributed by atoms with Gasteiger partial charge >= 0.3 is 6.09 Å². The number of anilines is 1. The normalized spacial score (nSPS) is 10.5. The predicted molar refractivity (Wildman–Crippen MR) is 90.8 cm³/mol. The molecule has 0 atom stereocenters. The number of hydrogen-bond donors (Lipinski definition) is 1. The summed E-state index contributed by atoms with van der Waals surface area (Å²) in [5.41, 5.74) is 1.85. The van der Waals surface area contributed by atoms with Crippen LogP contribution in [0.1, 0.15) is 11.3 Å². The number of ether oxygens (including phenoxy) is 1. The van der Waals surface area contributed by atoms with E-state index in [9.17, 15) is 9.18 Å². The molecule has 2 aromatic carbocycles. The molecule has 0 spiro atoms. The zero-order valence-corrected chi connectivity index (χ0v) is 13.8. The number of amides is 1. The lowest BCUT2D eigenvalue weighted by atomic mass is 10.2. The first-order chi connectivity index (χ1) is 12.1. The van der Waals surface area contributed by atoms with Gasteiger partial charge in [0.15, 0.2) is 0 Å². The molecule has 0 unspecified atom stereocenters. The molecule has 0 aliphatic heterocycles. The van der Waals surface area contributed by atoms with Gasteiger partial charge in [0.25, 0.3) is 0 Å². The SMILES string of the molecule is O=C(Nc1ccc(F)cc1)OCc1cn(Cc2ccccc2Cl)nn1. The van der Waals surface area contributed by atoms with E-state index in [-0.39, 0.29) is 12.4 Å². The highest BCUT2D eigenvalue weighted by Crippen LogP contribution is 2.16. The van der Waals surface area contributed by atoms with Crippen molar-refractivity contribution in [3.05, 3.63) is 76.8 Å². The fourth-order valence-corrected chi connectivity index (χ4v) is 2.31. The summed E-state index contributed by atoms with van der Waals surface area (Å²) in [6.45, 7) is 0.435. The van der Waals surface area contributed by atoms with Crippen molar-refractivity contribution < 1.29 is 13.9 Å². The molecule has 1 N–H and O–H groups in total. The highest BCUT2D eigenvalue weighted by Gasteiger charge is 2.08. The molecule has 1 amide bonds. The maximum atomic E-state index is 12.8. The molecule has 0 fully saturated rings. The van der Waals surface area contributed by atoms with E-state index in [1.54, 1.807) is 16.9 Å². The Bertz CT molecular complexity index is 867. The number of nitrogens with one attached hydrogen (secondary N) is 1. The van der Waals surface area contributed by atoms with E-state index in [2.05, 4.69) is 15.6 Å². The molecule has 0 saturated carbocycles. The lowest BCUT2D eigenvalue weighted by Crippen LogP contribution is -2.13. The summed E-state index contributed by atoms with van der Waals surface area (Å²) in [6, 6.07) is 12.8. The summed E-state index contributed by atoms with van der Waals surface area (Å²) in [5.74, 6) is -0.381. The number of aromatic nitrogens is 3. The van der Waals surface area contributed by atoms with Gasteiger partial charge in [-0.25, -0.2) is 13.9 Å². The molecule has 0 aliphatic carbocycles. The number of carbonyl (C=O) groups is 1. The van der Waals surface area contributed by atoms with E-state index >= 15 is 0 Å². The molecule has 3 rings (SSSR count). The molecule has 0 radical (unpaired) electrons. The fourth-order valence-electron chi connectivity index (χ4n) is 2.11. The summed E-state index contributed by atoms with van der Waals surface area (Å²) in [5, 5.41) is 11.1. The van der Waals surface area contributed by atoms with Gasteiger partial charge in [0.05, 0.1) is 12.7 Å². The first-order valence-electron chi connectivity index (χ1n) is 7.42. The second-order valence-corrected chi connectivity index (χ2v) is 5.61. The number of halogens is 2. The summed E-state index contributed by atoms with van der Waals surface area (Å²) < 4.78 is 19.5. The standard InChI is InChI=1S/C17H14ClFN4O2/c18-16-4-2-1-3-12(16)9-23-10-15(21-22-23)11-25-17(24)20-14-7-5-13(19)6-8-14/h1-8,10H,9,11H2,(H,20,24). The van der Waals surface area contributed by atoms with Crippen molar-refractivity contribution in [3.8, 4) is 0 Å². The fraction of sp³-hybridized carbons (Fsp3) is 0.118. The average molecular weight is 361 g/mol. The molecular formula is C17H14ClFN4O2. The Hall–Kier alpha value is -2.93. The van der Waals surface area contributed by atoms with Crippen LogP contribution < -0.4 is 5.32 Å². The maximum Gasteiger partial charge on any atom is 0.412 e. The van der Waals surface area contributed by atoms with E-state index < -0.39 is 6.09 Å². The van der Waals surface area contributed by atoms with Crippen molar-refractivity contribution in [2.24, 2.45) is 0 Å². The first-order valence-corrected chi connectivity index (χ1v) is 7.80. The molecule has 0 aliphatic rings. The maximum absolute atomic E-state index is 12.8. The summed E-state index contributed by atoms with van der Waals surface area (Å²) in [6.07, 6.45) is 1.02. The third kappa shape index (κ3) is 4.77. The van der Waals surface area contributed by atoms with Crippen LogP contribution in [0.5, 0.6) is 0 Å². The van der Waals surface area contributed by atoms with E-state index in [0.717, 1.165) is 5.56 Å². The molecule has 25 heavy (non-hydrogen) atoms. The van der Waals surface area contributed by atoms with Crippen molar-refractivity contribution in [2.75, 3.05) is 5.32 Å². The van der Waals surface area contributed by atoms with Crippen LogP contribution in [0, 0.1) is 5.82 Å². The van der Waals surface area contributed by atoms with Crippen molar-refractivity contribution in [1.82, 2.24) is 15.0 Å². The molecule has 3 aromatic rings. The Morgan fingerprint density at radius 3 is 2.72 bits per heavy atom. The molecule has 8 heteroatoms. The topological polar surface area (TPSA) is 69.0 Å². The van der Waals surface area contributed by atoms with Crippen LogP contribution in [0.4, 0.5) is 14.9 Å². The Morgan fingerprint density at radius 1 is 1.20 bits per heavy atom. The Kier molecular flexibility index (Phi) is 5.25. The minimum Gasteiger partial charge on any atom is -0.443 e. The van der Waals surface area contributed by atoms with Gasteiger partial charge in [-0.05, 0) is 35.9 Å². The highest BCUT2D eigenvalue weighted by atomic mass is 35.5. The Balaban J connectivity index is 1.52. The number of benzene rings is 2. The molecule has 0 bridgehead atoms. The molecule has 1 aromatic heterocycles. The van der Waals surface area contributed by atoms with Gasteiger partial charge in [-0.3, -0.25) is 5.32 Å². The van der Waals surface area contributed by atoms with Crippen LogP contribution >= 0.6 is 11.6 Å². The smallest absolute Gasteiger partial charge is 0.412 e. The second kappa shape index (κ2) is 7.76. The van der Waals surface area contributed by atoms with Crippen LogP contribution in [0.25, 0.3) is 0 Å². The van der Waals surface area contributed by atoms with Crippen molar-refractivity contribution >= 4 is 23.4 Å². The predicted octanol–water partition coefficient (Wildman–Crippen LogP) is 3.87. The monoisotopic (exact) mass is 360 g/mol. The first kappa shape index (κ1) is 16.9. The minimum atomic E-state index is -0.660. The van der Waals surface area contributed by atoms with Gasteiger partial charge < -0.3 is 4.74 Å². The van der Waals surface area contributed by atoms with Gasteiger partial charge in [0, 0.05) is 10.7 Å². The third-order valence-corrected chi connectivity index (χ3v) is 3.69. The zero-order valence-electron chi connectivity index (χ0n) is 13.0. The van der Waals surface area contributed by atoms with Crippen LogP contribution in [-0.4, -0.2) is 21.1 Å². The van der Waals surface area contributed by atoms with Crippen LogP contribution in [-0.2, 0) is 17.9 Å². The Morgan fingerprint density at radius 2 is 1.96 bits per heavy atom. The highest BCUT2D eigenvalue weighted by molar-refractivity contribution is 6.31.